The zero-order chi connectivity index (χ0) is 10.4. The third kappa shape index (κ3) is 5.35. The van der Waals surface area contributed by atoms with E-state index in [1.165, 1.54) is 0 Å². The van der Waals surface area contributed by atoms with Gasteiger partial charge in [-0.05, 0) is 19.4 Å². The standard InChI is InChI=1S/C10H20N2O2.ClH/c1-2-9(10(11)13)3-4-12-5-7-14-8-6-12;/h9H,2-8H2,1H3,(H2,11,13);1H. The smallest absolute Gasteiger partial charge is 0.220 e. The van der Waals surface area contributed by atoms with Crippen LogP contribution in [0.15, 0.2) is 0 Å². The van der Waals surface area contributed by atoms with Gasteiger partial charge >= 0.3 is 0 Å². The van der Waals surface area contributed by atoms with Gasteiger partial charge in [-0.3, -0.25) is 9.69 Å². The number of hydrogen-bond donors (Lipinski definition) is 1. The lowest BCUT2D eigenvalue weighted by molar-refractivity contribution is -0.122. The first-order valence-electron chi connectivity index (χ1n) is 5.33. The van der Waals surface area contributed by atoms with Crippen molar-refractivity contribution in [1.29, 1.82) is 0 Å². The maximum atomic E-state index is 11.0. The van der Waals surface area contributed by atoms with Crippen molar-refractivity contribution in [3.63, 3.8) is 0 Å². The Labute approximate surface area is 97.5 Å². The van der Waals surface area contributed by atoms with Crippen LogP contribution in [0.4, 0.5) is 0 Å². The highest BCUT2D eigenvalue weighted by molar-refractivity contribution is 5.85. The Hall–Kier alpha value is -0.320. The van der Waals surface area contributed by atoms with Crippen LogP contribution >= 0.6 is 12.4 Å². The summed E-state index contributed by atoms with van der Waals surface area (Å²) in [6.45, 7) is 6.56. The summed E-state index contributed by atoms with van der Waals surface area (Å²) < 4.78 is 5.25. The molecule has 4 nitrogen and oxygen atoms in total. The Kier molecular flexibility index (Phi) is 7.74. The Bertz CT molecular complexity index is 184. The van der Waals surface area contributed by atoms with E-state index in [0.717, 1.165) is 45.7 Å². The fourth-order valence-electron chi connectivity index (χ4n) is 1.71. The molecule has 0 aromatic carbocycles. The zero-order valence-corrected chi connectivity index (χ0v) is 10.1. The SMILES string of the molecule is CCC(CCN1CCOCC1)C(N)=O.Cl. The van der Waals surface area contributed by atoms with Crippen LogP contribution in [0.2, 0.25) is 0 Å². The predicted molar refractivity (Wildman–Crippen MR) is 62.1 cm³/mol. The van der Waals surface area contributed by atoms with E-state index in [9.17, 15) is 4.79 Å². The average molecular weight is 237 g/mol. The minimum absolute atomic E-state index is 0. The molecule has 0 saturated carbocycles. The van der Waals surface area contributed by atoms with E-state index < -0.39 is 0 Å². The van der Waals surface area contributed by atoms with Crippen LogP contribution in [-0.2, 0) is 9.53 Å². The van der Waals surface area contributed by atoms with Gasteiger partial charge in [0.2, 0.25) is 5.91 Å². The summed E-state index contributed by atoms with van der Waals surface area (Å²) in [6.07, 6.45) is 1.73. The lowest BCUT2D eigenvalue weighted by Gasteiger charge is -2.27. The Morgan fingerprint density at radius 3 is 2.53 bits per heavy atom. The summed E-state index contributed by atoms with van der Waals surface area (Å²) in [5.41, 5.74) is 5.28. The van der Waals surface area contributed by atoms with Crippen molar-refractivity contribution in [2.45, 2.75) is 19.8 Å². The van der Waals surface area contributed by atoms with E-state index in [2.05, 4.69) is 4.90 Å². The second kappa shape index (κ2) is 7.91. The monoisotopic (exact) mass is 236 g/mol. The van der Waals surface area contributed by atoms with Gasteiger partial charge in [0.25, 0.3) is 0 Å². The molecule has 1 amide bonds. The molecule has 1 heterocycles. The number of ether oxygens (including phenoxy) is 1. The highest BCUT2D eigenvalue weighted by Crippen LogP contribution is 2.09. The first-order valence-corrected chi connectivity index (χ1v) is 5.33. The number of hydrogen-bond acceptors (Lipinski definition) is 3. The molecule has 0 aliphatic carbocycles. The summed E-state index contributed by atoms with van der Waals surface area (Å²) in [5.74, 6) is -0.126. The number of rotatable bonds is 5. The highest BCUT2D eigenvalue weighted by Gasteiger charge is 2.16. The molecule has 1 saturated heterocycles. The quantitative estimate of drug-likeness (QED) is 0.762. The minimum atomic E-state index is -0.166. The summed E-state index contributed by atoms with van der Waals surface area (Å²) in [4.78, 5) is 13.3. The fraction of sp³-hybridized carbons (Fsp3) is 0.900. The molecule has 1 rings (SSSR count). The zero-order valence-electron chi connectivity index (χ0n) is 9.28. The molecule has 5 heteroatoms. The van der Waals surface area contributed by atoms with Crippen molar-refractivity contribution in [3.05, 3.63) is 0 Å². The van der Waals surface area contributed by atoms with Gasteiger partial charge in [-0.2, -0.15) is 0 Å². The second-order valence-corrected chi connectivity index (χ2v) is 3.75. The van der Waals surface area contributed by atoms with Crippen LogP contribution in [0.3, 0.4) is 0 Å². The Balaban J connectivity index is 0.00000196. The van der Waals surface area contributed by atoms with E-state index in [4.69, 9.17) is 10.5 Å². The van der Waals surface area contributed by atoms with Gasteiger partial charge in [0.05, 0.1) is 13.2 Å². The molecule has 1 fully saturated rings. The average Bonchev–Trinajstić information content (AvgIpc) is 2.20. The van der Waals surface area contributed by atoms with Crippen molar-refractivity contribution in [3.8, 4) is 0 Å². The van der Waals surface area contributed by atoms with Gasteiger partial charge in [-0.1, -0.05) is 6.92 Å². The van der Waals surface area contributed by atoms with Crippen LogP contribution in [0.1, 0.15) is 19.8 Å². The molecule has 2 N–H and O–H groups in total. The van der Waals surface area contributed by atoms with Crippen molar-refractivity contribution in [2.75, 3.05) is 32.8 Å². The van der Waals surface area contributed by atoms with Gasteiger partial charge in [-0.15, -0.1) is 12.4 Å². The van der Waals surface area contributed by atoms with E-state index >= 15 is 0 Å². The summed E-state index contributed by atoms with van der Waals surface area (Å²) in [5, 5.41) is 0. The van der Waals surface area contributed by atoms with Crippen molar-refractivity contribution < 1.29 is 9.53 Å². The molecule has 0 bridgehead atoms. The molecule has 0 aromatic heterocycles. The van der Waals surface area contributed by atoms with E-state index in [1.807, 2.05) is 6.92 Å². The number of nitrogens with zero attached hydrogens (tertiary/aromatic N) is 1. The summed E-state index contributed by atoms with van der Waals surface area (Å²) >= 11 is 0. The second-order valence-electron chi connectivity index (χ2n) is 3.75. The van der Waals surface area contributed by atoms with Crippen LogP contribution < -0.4 is 5.73 Å². The van der Waals surface area contributed by atoms with Gasteiger partial charge < -0.3 is 10.5 Å². The van der Waals surface area contributed by atoms with Gasteiger partial charge in [0.15, 0.2) is 0 Å². The van der Waals surface area contributed by atoms with Gasteiger partial charge in [0, 0.05) is 19.0 Å². The largest absolute Gasteiger partial charge is 0.379 e. The van der Waals surface area contributed by atoms with Crippen LogP contribution in [0, 0.1) is 5.92 Å². The minimum Gasteiger partial charge on any atom is -0.379 e. The molecule has 15 heavy (non-hydrogen) atoms. The highest BCUT2D eigenvalue weighted by atomic mass is 35.5. The molecule has 1 aliphatic heterocycles. The maximum absolute atomic E-state index is 11.0. The van der Waals surface area contributed by atoms with Crippen molar-refractivity contribution in [1.82, 2.24) is 4.90 Å². The predicted octanol–water partition coefficient (Wildman–Crippen LogP) is 0.642. The van der Waals surface area contributed by atoms with Crippen LogP contribution in [0.5, 0.6) is 0 Å². The molecular weight excluding hydrogens is 216 g/mol. The van der Waals surface area contributed by atoms with Gasteiger partial charge in [-0.25, -0.2) is 0 Å². The normalized spacial score (nSPS) is 19.3. The summed E-state index contributed by atoms with van der Waals surface area (Å²) in [6, 6.07) is 0. The summed E-state index contributed by atoms with van der Waals surface area (Å²) in [7, 11) is 0. The number of carbonyl (C=O) groups is 1. The van der Waals surface area contributed by atoms with Crippen LogP contribution in [-0.4, -0.2) is 43.7 Å². The first-order chi connectivity index (χ1) is 6.74. The molecule has 0 spiro atoms. The number of primary amides is 1. The number of carbonyl (C=O) groups excluding carboxylic acids is 1. The first kappa shape index (κ1) is 14.7. The number of amides is 1. The molecule has 0 aromatic rings. The van der Waals surface area contributed by atoms with E-state index in [-0.39, 0.29) is 24.2 Å². The molecule has 0 radical (unpaired) electrons. The molecule has 90 valence electrons. The Morgan fingerprint density at radius 2 is 2.07 bits per heavy atom. The van der Waals surface area contributed by atoms with E-state index in [0.29, 0.717) is 0 Å². The topological polar surface area (TPSA) is 55.6 Å². The fourth-order valence-corrected chi connectivity index (χ4v) is 1.71. The molecule has 1 aliphatic rings. The van der Waals surface area contributed by atoms with Crippen molar-refractivity contribution >= 4 is 18.3 Å². The van der Waals surface area contributed by atoms with Gasteiger partial charge in [0.1, 0.15) is 0 Å². The third-order valence-corrected chi connectivity index (χ3v) is 2.79. The van der Waals surface area contributed by atoms with Crippen molar-refractivity contribution in [2.24, 2.45) is 11.7 Å². The Morgan fingerprint density at radius 1 is 1.47 bits per heavy atom. The number of morpholine rings is 1. The van der Waals surface area contributed by atoms with E-state index in [1.54, 1.807) is 0 Å². The lowest BCUT2D eigenvalue weighted by Crippen LogP contribution is -2.38. The number of nitrogens with two attached hydrogens (primary N) is 1. The number of halogens is 1. The molecule has 1 unspecified atom stereocenters. The lowest BCUT2D eigenvalue weighted by atomic mass is 10.0. The molecule has 1 atom stereocenters. The maximum Gasteiger partial charge on any atom is 0.220 e. The molecular formula is C10H21ClN2O2. The third-order valence-electron chi connectivity index (χ3n) is 2.79. The van der Waals surface area contributed by atoms with Crippen LogP contribution in [0.25, 0.3) is 0 Å².